The number of esters is 1. The van der Waals surface area contributed by atoms with Crippen molar-refractivity contribution in [2.75, 3.05) is 32.9 Å². The Labute approximate surface area is 226 Å². The van der Waals surface area contributed by atoms with Gasteiger partial charge < -0.3 is 19.1 Å². The van der Waals surface area contributed by atoms with Crippen LogP contribution in [0.15, 0.2) is 29.4 Å². The maximum atomic E-state index is 13.2. The molecule has 0 N–H and O–H groups in total. The third kappa shape index (κ3) is 8.17. The summed E-state index contributed by atoms with van der Waals surface area (Å²) in [6.45, 7) is 7.90. The fraction of sp³-hybridized carbons (Fsp3) is 0.630. The van der Waals surface area contributed by atoms with Gasteiger partial charge in [-0.1, -0.05) is 12.1 Å². The van der Waals surface area contributed by atoms with Crippen LogP contribution in [0.2, 0.25) is 0 Å². The van der Waals surface area contributed by atoms with Crippen molar-refractivity contribution in [3.63, 3.8) is 0 Å². The molecule has 0 aliphatic carbocycles. The number of amidine groups is 1. The van der Waals surface area contributed by atoms with E-state index in [1.165, 1.54) is 5.56 Å². The fourth-order valence-corrected chi connectivity index (χ4v) is 4.69. The SMILES string of the molecule is CC(C)(C)OC(=O)COCCCCOc1ccc(C2CCN(C3=Nn4c(nnc4C(F)(F)F)CC3)CC2)cc1. The molecule has 0 bridgehead atoms. The number of rotatable bonds is 9. The maximum Gasteiger partial charge on any atom is 0.453 e. The molecule has 214 valence electrons. The lowest BCUT2D eigenvalue weighted by Gasteiger charge is -2.35. The van der Waals surface area contributed by atoms with Gasteiger partial charge in [0.25, 0.3) is 5.82 Å². The van der Waals surface area contributed by atoms with Crippen molar-refractivity contribution in [2.24, 2.45) is 5.10 Å². The molecule has 4 rings (SSSR count). The van der Waals surface area contributed by atoms with Gasteiger partial charge in [-0.3, -0.25) is 0 Å². The molecule has 2 aromatic rings. The number of ether oxygens (including phenoxy) is 3. The normalized spacial score (nSPS) is 16.6. The minimum Gasteiger partial charge on any atom is -0.494 e. The first-order valence-electron chi connectivity index (χ1n) is 13.4. The number of carbonyl (C=O) groups is 1. The molecule has 12 heteroatoms. The van der Waals surface area contributed by atoms with E-state index in [9.17, 15) is 18.0 Å². The van der Waals surface area contributed by atoms with Gasteiger partial charge in [0.2, 0.25) is 0 Å². The summed E-state index contributed by atoms with van der Waals surface area (Å²) in [6.07, 6.45) is -0.267. The lowest BCUT2D eigenvalue weighted by atomic mass is 9.89. The minimum atomic E-state index is -4.59. The van der Waals surface area contributed by atoms with Crippen LogP contribution in [0, 0.1) is 0 Å². The minimum absolute atomic E-state index is 0.0470. The van der Waals surface area contributed by atoms with Gasteiger partial charge in [0.1, 0.15) is 23.8 Å². The van der Waals surface area contributed by atoms with Crippen LogP contribution in [-0.2, 0) is 26.9 Å². The van der Waals surface area contributed by atoms with Gasteiger partial charge in [0.15, 0.2) is 5.82 Å². The number of hydrogen-bond donors (Lipinski definition) is 0. The molecule has 39 heavy (non-hydrogen) atoms. The number of halogens is 3. The van der Waals surface area contributed by atoms with Crippen LogP contribution < -0.4 is 4.74 Å². The number of aryl methyl sites for hydroxylation is 1. The van der Waals surface area contributed by atoms with Crippen molar-refractivity contribution >= 4 is 11.8 Å². The number of aromatic nitrogens is 3. The highest BCUT2D eigenvalue weighted by Crippen LogP contribution is 2.32. The molecule has 0 spiro atoms. The van der Waals surface area contributed by atoms with Crippen molar-refractivity contribution in [3.05, 3.63) is 41.5 Å². The number of unbranched alkanes of at least 4 members (excludes halogenated alkanes) is 1. The number of carbonyl (C=O) groups excluding carboxylic acids is 1. The van der Waals surface area contributed by atoms with Gasteiger partial charge in [-0.2, -0.15) is 22.9 Å². The molecule has 0 radical (unpaired) electrons. The summed E-state index contributed by atoms with van der Waals surface area (Å²) in [5.74, 6) is 0.640. The highest BCUT2D eigenvalue weighted by atomic mass is 19.4. The van der Waals surface area contributed by atoms with Gasteiger partial charge in [-0.05, 0) is 70.1 Å². The smallest absolute Gasteiger partial charge is 0.453 e. The Hall–Kier alpha value is -3.15. The molecular weight excluding hydrogens is 515 g/mol. The second-order valence-electron chi connectivity index (χ2n) is 10.8. The third-order valence-electron chi connectivity index (χ3n) is 6.55. The van der Waals surface area contributed by atoms with E-state index in [0.717, 1.165) is 49.2 Å². The number of likely N-dealkylation sites (tertiary alicyclic amines) is 1. The molecule has 0 amide bonds. The first-order valence-corrected chi connectivity index (χ1v) is 13.4. The third-order valence-corrected chi connectivity index (χ3v) is 6.55. The lowest BCUT2D eigenvalue weighted by Crippen LogP contribution is -2.40. The van der Waals surface area contributed by atoms with E-state index in [4.69, 9.17) is 14.2 Å². The Kier molecular flexibility index (Phi) is 9.14. The summed E-state index contributed by atoms with van der Waals surface area (Å²) >= 11 is 0. The summed E-state index contributed by atoms with van der Waals surface area (Å²) in [5, 5.41) is 11.2. The monoisotopic (exact) mass is 551 g/mol. The predicted octanol–water partition coefficient (Wildman–Crippen LogP) is 4.80. The van der Waals surface area contributed by atoms with Crippen LogP contribution in [0.4, 0.5) is 13.2 Å². The quantitative estimate of drug-likeness (QED) is 0.327. The van der Waals surface area contributed by atoms with E-state index in [2.05, 4.69) is 32.3 Å². The number of hydrogen-bond acceptors (Lipinski definition) is 8. The first-order chi connectivity index (χ1) is 18.5. The van der Waals surface area contributed by atoms with Crippen molar-refractivity contribution in [2.45, 2.75) is 77.0 Å². The molecule has 0 saturated carbocycles. The van der Waals surface area contributed by atoms with E-state index in [1.54, 1.807) is 0 Å². The number of benzene rings is 1. The Morgan fingerprint density at radius 2 is 1.69 bits per heavy atom. The Morgan fingerprint density at radius 3 is 2.36 bits per heavy atom. The number of alkyl halides is 3. The molecular formula is C27H36F3N5O4. The van der Waals surface area contributed by atoms with E-state index in [1.807, 2.05) is 32.9 Å². The average molecular weight is 552 g/mol. The summed E-state index contributed by atoms with van der Waals surface area (Å²) in [5.41, 5.74) is 0.715. The molecule has 0 unspecified atom stereocenters. The van der Waals surface area contributed by atoms with Crippen molar-refractivity contribution in [3.8, 4) is 5.75 Å². The Morgan fingerprint density at radius 1 is 1.00 bits per heavy atom. The molecule has 3 heterocycles. The molecule has 9 nitrogen and oxygen atoms in total. The summed E-state index contributed by atoms with van der Waals surface area (Å²) in [7, 11) is 0. The summed E-state index contributed by atoms with van der Waals surface area (Å²) < 4.78 is 56.9. The standard InChI is InChI=1S/C27H36F3N5O4/c1-26(2,3)39-24(36)18-37-16-4-5-17-38-21-8-6-19(7-9-21)20-12-14-34(15-13-20)23-11-10-22-31-32-25(27(28,29)30)35(22)33-23/h6-9,20H,4-5,10-18H2,1-3H3. The van der Waals surface area contributed by atoms with Gasteiger partial charge in [-0.25, -0.2) is 4.79 Å². The largest absolute Gasteiger partial charge is 0.494 e. The second-order valence-corrected chi connectivity index (χ2v) is 10.8. The van der Waals surface area contributed by atoms with Crippen LogP contribution in [0.25, 0.3) is 0 Å². The Balaban J connectivity index is 1.16. The lowest BCUT2D eigenvalue weighted by molar-refractivity contribution is -0.160. The maximum absolute atomic E-state index is 13.2. The topological polar surface area (TPSA) is 91.1 Å². The van der Waals surface area contributed by atoms with Gasteiger partial charge >= 0.3 is 12.1 Å². The number of piperidine rings is 1. The van der Waals surface area contributed by atoms with Crippen molar-refractivity contribution in [1.29, 1.82) is 0 Å². The van der Waals surface area contributed by atoms with Crippen LogP contribution in [0.3, 0.4) is 0 Å². The molecule has 2 aliphatic rings. The van der Waals surface area contributed by atoms with Crippen LogP contribution in [0.1, 0.15) is 76.0 Å². The highest BCUT2D eigenvalue weighted by molar-refractivity contribution is 5.83. The predicted molar refractivity (Wildman–Crippen MR) is 138 cm³/mol. The van der Waals surface area contributed by atoms with Crippen LogP contribution >= 0.6 is 0 Å². The zero-order valence-corrected chi connectivity index (χ0v) is 22.7. The van der Waals surface area contributed by atoms with Crippen LogP contribution in [-0.4, -0.2) is 70.1 Å². The van der Waals surface area contributed by atoms with Crippen molar-refractivity contribution in [1.82, 2.24) is 19.8 Å². The Bertz CT molecular complexity index is 1130. The molecule has 2 aliphatic heterocycles. The summed E-state index contributed by atoms with van der Waals surface area (Å²) in [6, 6.07) is 8.10. The highest BCUT2D eigenvalue weighted by Gasteiger charge is 2.40. The van der Waals surface area contributed by atoms with Crippen molar-refractivity contribution < 1.29 is 32.2 Å². The molecule has 1 aromatic carbocycles. The van der Waals surface area contributed by atoms with E-state index < -0.39 is 17.6 Å². The first kappa shape index (κ1) is 28.8. The van der Waals surface area contributed by atoms with E-state index in [0.29, 0.717) is 37.8 Å². The number of nitrogens with zero attached hydrogens (tertiary/aromatic N) is 5. The van der Waals surface area contributed by atoms with Crippen LogP contribution in [0.5, 0.6) is 5.75 Å². The summed E-state index contributed by atoms with van der Waals surface area (Å²) in [4.78, 5) is 13.7. The molecule has 0 atom stereocenters. The number of fused-ring (bicyclic) bond motifs is 1. The van der Waals surface area contributed by atoms with Gasteiger partial charge in [0, 0.05) is 32.5 Å². The molecule has 1 aromatic heterocycles. The van der Waals surface area contributed by atoms with Gasteiger partial charge in [-0.15, -0.1) is 10.2 Å². The molecule has 1 saturated heterocycles. The van der Waals surface area contributed by atoms with E-state index >= 15 is 0 Å². The van der Waals surface area contributed by atoms with Gasteiger partial charge in [0.05, 0.1) is 6.61 Å². The second kappa shape index (κ2) is 12.4. The zero-order valence-electron chi connectivity index (χ0n) is 22.7. The van der Waals surface area contributed by atoms with E-state index in [-0.39, 0.29) is 18.4 Å². The zero-order chi connectivity index (χ0) is 28.0. The average Bonchev–Trinajstić information content (AvgIpc) is 3.32. The fourth-order valence-electron chi connectivity index (χ4n) is 4.69. The molecule has 1 fully saturated rings.